The highest BCUT2D eigenvalue weighted by atomic mass is 16.3. The Morgan fingerprint density at radius 2 is 2.12 bits per heavy atom. The van der Waals surface area contributed by atoms with Gasteiger partial charge < -0.3 is 10.4 Å². The van der Waals surface area contributed by atoms with E-state index < -0.39 is 5.54 Å². The van der Waals surface area contributed by atoms with Crippen LogP contribution in [-0.2, 0) is 0 Å². The van der Waals surface area contributed by atoms with Crippen molar-refractivity contribution in [1.82, 2.24) is 25.3 Å². The lowest BCUT2D eigenvalue weighted by Gasteiger charge is -2.22. The van der Waals surface area contributed by atoms with Crippen molar-refractivity contribution in [2.75, 3.05) is 6.61 Å². The van der Waals surface area contributed by atoms with Crippen molar-refractivity contribution < 1.29 is 9.90 Å². The highest BCUT2D eigenvalue weighted by molar-refractivity contribution is 5.94. The number of amides is 1. The lowest BCUT2D eigenvalue weighted by Crippen LogP contribution is -2.46. The van der Waals surface area contributed by atoms with Crippen LogP contribution in [0.25, 0.3) is 16.5 Å². The van der Waals surface area contributed by atoms with Crippen LogP contribution in [0.1, 0.15) is 30.0 Å². The second-order valence-electron chi connectivity index (χ2n) is 6.31. The van der Waals surface area contributed by atoms with Crippen LogP contribution in [0.5, 0.6) is 0 Å². The molecule has 0 radical (unpaired) electrons. The topological polar surface area (TPSA) is 92.9 Å². The molecule has 0 aliphatic heterocycles. The fourth-order valence-electron chi connectivity index (χ4n) is 2.46. The van der Waals surface area contributed by atoms with Crippen LogP contribution in [0, 0.1) is 6.92 Å². The molecule has 0 saturated carbocycles. The maximum Gasteiger partial charge on any atom is 0.274 e. The summed E-state index contributed by atoms with van der Waals surface area (Å²) in [5, 5.41) is 22.2. The van der Waals surface area contributed by atoms with Crippen LogP contribution >= 0.6 is 0 Å². The number of hydrogen-bond donors (Lipinski definition) is 2. The smallest absolute Gasteiger partial charge is 0.274 e. The average molecular weight is 325 g/mol. The number of aliphatic hydroxyl groups excluding tert-OH is 1. The minimum atomic E-state index is -0.724. The molecule has 7 nitrogen and oxygen atoms in total. The van der Waals surface area contributed by atoms with Gasteiger partial charge in [-0.1, -0.05) is 17.3 Å². The molecule has 2 aromatic heterocycles. The van der Waals surface area contributed by atoms with Gasteiger partial charge in [0.15, 0.2) is 5.69 Å². The number of carbonyl (C=O) groups excluding carboxylic acids is 1. The molecule has 0 saturated heterocycles. The van der Waals surface area contributed by atoms with Crippen molar-refractivity contribution in [1.29, 1.82) is 0 Å². The Kier molecular flexibility index (Phi) is 4.02. The molecule has 3 rings (SSSR count). The summed E-state index contributed by atoms with van der Waals surface area (Å²) >= 11 is 0. The Morgan fingerprint density at radius 1 is 1.33 bits per heavy atom. The second kappa shape index (κ2) is 6.01. The van der Waals surface area contributed by atoms with E-state index in [2.05, 4.69) is 20.6 Å². The van der Waals surface area contributed by atoms with Crippen LogP contribution < -0.4 is 5.32 Å². The monoisotopic (exact) mass is 325 g/mol. The van der Waals surface area contributed by atoms with Crippen molar-refractivity contribution in [3.05, 3.63) is 48.0 Å². The number of aromatic nitrogens is 4. The van der Waals surface area contributed by atoms with Gasteiger partial charge in [0.2, 0.25) is 0 Å². The molecule has 2 heterocycles. The van der Waals surface area contributed by atoms with E-state index in [1.54, 1.807) is 37.8 Å². The number of benzene rings is 1. The molecule has 124 valence electrons. The van der Waals surface area contributed by atoms with E-state index >= 15 is 0 Å². The molecule has 0 bridgehead atoms. The van der Waals surface area contributed by atoms with Crippen LogP contribution in [-0.4, -0.2) is 43.1 Å². The lowest BCUT2D eigenvalue weighted by molar-refractivity contribution is 0.0863. The van der Waals surface area contributed by atoms with E-state index in [1.807, 2.05) is 24.3 Å². The molecule has 0 fully saturated rings. The molecule has 0 spiro atoms. The number of carbonyl (C=O) groups is 1. The Bertz CT molecular complexity index is 896. The van der Waals surface area contributed by atoms with Gasteiger partial charge in [-0.3, -0.25) is 9.78 Å². The van der Waals surface area contributed by atoms with Gasteiger partial charge in [-0.2, -0.15) is 0 Å². The van der Waals surface area contributed by atoms with Gasteiger partial charge >= 0.3 is 0 Å². The zero-order valence-corrected chi connectivity index (χ0v) is 13.8. The van der Waals surface area contributed by atoms with Crippen molar-refractivity contribution >= 4 is 16.7 Å². The van der Waals surface area contributed by atoms with Crippen molar-refractivity contribution in [3.8, 4) is 5.69 Å². The number of nitrogens with zero attached hydrogens (tertiary/aromatic N) is 4. The molecule has 1 amide bonds. The summed E-state index contributed by atoms with van der Waals surface area (Å²) in [6, 6.07) is 7.70. The second-order valence-corrected chi connectivity index (χ2v) is 6.31. The van der Waals surface area contributed by atoms with Crippen LogP contribution in [0.3, 0.4) is 0 Å². The third-order valence-electron chi connectivity index (χ3n) is 3.84. The van der Waals surface area contributed by atoms with Gasteiger partial charge in [-0.05, 0) is 32.9 Å². The van der Waals surface area contributed by atoms with E-state index in [-0.39, 0.29) is 18.2 Å². The largest absolute Gasteiger partial charge is 0.394 e. The van der Waals surface area contributed by atoms with Gasteiger partial charge in [0.1, 0.15) is 0 Å². The fourth-order valence-corrected chi connectivity index (χ4v) is 2.46. The van der Waals surface area contributed by atoms with Gasteiger partial charge in [-0.15, -0.1) is 5.10 Å². The Balaban J connectivity index is 2.02. The molecule has 3 aromatic rings. The van der Waals surface area contributed by atoms with Crippen molar-refractivity contribution in [2.45, 2.75) is 26.3 Å². The maximum absolute atomic E-state index is 12.4. The molecular weight excluding hydrogens is 306 g/mol. The third kappa shape index (κ3) is 2.85. The standard InChI is InChI=1S/C17H19N5O2/c1-11-15(16(24)19-17(2,3)10-23)20-21-22(11)14-6-4-5-12-9-18-8-7-13(12)14/h4-9,23H,10H2,1-3H3,(H,19,24). The first-order valence-electron chi connectivity index (χ1n) is 7.62. The zero-order valence-electron chi connectivity index (χ0n) is 13.8. The average Bonchev–Trinajstić information content (AvgIpc) is 2.95. The van der Waals surface area contributed by atoms with E-state index in [4.69, 9.17) is 0 Å². The third-order valence-corrected chi connectivity index (χ3v) is 3.84. The van der Waals surface area contributed by atoms with E-state index in [1.165, 1.54) is 0 Å². The maximum atomic E-state index is 12.4. The highest BCUT2D eigenvalue weighted by Crippen LogP contribution is 2.22. The Labute approximate surface area is 139 Å². The number of aliphatic hydroxyl groups is 1. The number of hydrogen-bond acceptors (Lipinski definition) is 5. The van der Waals surface area contributed by atoms with E-state index in [0.29, 0.717) is 5.69 Å². The molecule has 0 atom stereocenters. The summed E-state index contributed by atoms with van der Waals surface area (Å²) in [6.45, 7) is 5.11. The van der Waals surface area contributed by atoms with Crippen LogP contribution in [0.4, 0.5) is 0 Å². The first kappa shape index (κ1) is 16.1. The summed E-state index contributed by atoms with van der Waals surface area (Å²) in [7, 11) is 0. The van der Waals surface area contributed by atoms with Crippen LogP contribution in [0.2, 0.25) is 0 Å². The summed E-state index contributed by atoms with van der Waals surface area (Å²) < 4.78 is 1.64. The molecule has 0 aliphatic rings. The van der Waals surface area contributed by atoms with Gasteiger partial charge in [0.25, 0.3) is 5.91 Å². The molecule has 0 aliphatic carbocycles. The minimum Gasteiger partial charge on any atom is -0.394 e. The Morgan fingerprint density at radius 3 is 2.88 bits per heavy atom. The lowest BCUT2D eigenvalue weighted by atomic mass is 10.1. The molecule has 1 aromatic carbocycles. The number of pyridine rings is 1. The summed E-state index contributed by atoms with van der Waals surface area (Å²) in [6.07, 6.45) is 3.50. The molecule has 24 heavy (non-hydrogen) atoms. The molecule has 2 N–H and O–H groups in total. The van der Waals surface area contributed by atoms with E-state index in [0.717, 1.165) is 16.5 Å². The Hall–Kier alpha value is -2.80. The van der Waals surface area contributed by atoms with Crippen LogP contribution in [0.15, 0.2) is 36.7 Å². The minimum absolute atomic E-state index is 0.164. The fraction of sp³-hybridized carbons (Fsp3) is 0.294. The highest BCUT2D eigenvalue weighted by Gasteiger charge is 2.24. The zero-order chi connectivity index (χ0) is 17.3. The molecule has 7 heteroatoms. The number of rotatable bonds is 4. The number of fused-ring (bicyclic) bond motifs is 1. The number of nitrogens with one attached hydrogen (secondary N) is 1. The first-order valence-corrected chi connectivity index (χ1v) is 7.62. The molecule has 0 unspecified atom stereocenters. The molecular formula is C17H19N5O2. The van der Waals surface area contributed by atoms with Crippen molar-refractivity contribution in [2.24, 2.45) is 0 Å². The predicted octanol–water partition coefficient (Wildman–Crippen LogP) is 1.62. The van der Waals surface area contributed by atoms with Crippen molar-refractivity contribution in [3.63, 3.8) is 0 Å². The van der Waals surface area contributed by atoms with E-state index in [9.17, 15) is 9.90 Å². The van der Waals surface area contributed by atoms with Gasteiger partial charge in [0.05, 0.1) is 23.5 Å². The summed E-state index contributed by atoms with van der Waals surface area (Å²) in [5.74, 6) is -0.361. The van der Waals surface area contributed by atoms with Gasteiger partial charge in [0, 0.05) is 23.2 Å². The first-order chi connectivity index (χ1) is 11.4. The SMILES string of the molecule is Cc1c(C(=O)NC(C)(C)CO)nnn1-c1cccc2cnccc12. The normalized spacial score (nSPS) is 11.7. The quantitative estimate of drug-likeness (QED) is 0.760. The summed E-state index contributed by atoms with van der Waals surface area (Å²) in [4.78, 5) is 16.5. The predicted molar refractivity (Wildman–Crippen MR) is 90.0 cm³/mol. The van der Waals surface area contributed by atoms with Gasteiger partial charge in [-0.25, -0.2) is 4.68 Å². The summed E-state index contributed by atoms with van der Waals surface area (Å²) in [5.41, 5.74) is 0.979.